The first kappa shape index (κ1) is 9.58. The molecule has 0 aliphatic carbocycles. The van der Waals surface area contributed by atoms with E-state index >= 15 is 0 Å². The van der Waals surface area contributed by atoms with Crippen LogP contribution in [0, 0.1) is 6.92 Å². The van der Waals surface area contributed by atoms with Gasteiger partial charge in [0.25, 0.3) is 0 Å². The van der Waals surface area contributed by atoms with Gasteiger partial charge >= 0.3 is 0 Å². The van der Waals surface area contributed by atoms with Crippen molar-refractivity contribution in [3.8, 4) is 0 Å². The Kier molecular flexibility index (Phi) is 2.90. The fourth-order valence-electron chi connectivity index (χ4n) is 0.959. The van der Waals surface area contributed by atoms with Crippen LogP contribution in [0.25, 0.3) is 0 Å². The second-order valence-corrected chi connectivity index (χ2v) is 3.06. The largest absolute Gasteiger partial charge is 0.396 e. The molecule has 1 rings (SSSR count). The number of aromatic nitrogens is 1. The molecular weight excluding hydrogens is 162 g/mol. The van der Waals surface area contributed by atoms with Crippen molar-refractivity contribution in [3.05, 3.63) is 30.5 Å². The standard InChI is InChI=1S/C10H15N3/c1-4-8(3)13-10-9(11)7(2)5-6-12-10/h4-6,8H,1,11H2,2-3H3,(H,12,13). The van der Waals surface area contributed by atoms with E-state index in [1.165, 1.54) is 0 Å². The fraction of sp³-hybridized carbons (Fsp3) is 0.300. The number of nitrogens with zero attached hydrogens (tertiary/aromatic N) is 1. The van der Waals surface area contributed by atoms with Crippen LogP contribution in [0.15, 0.2) is 24.9 Å². The van der Waals surface area contributed by atoms with Crippen molar-refractivity contribution in [3.63, 3.8) is 0 Å². The second kappa shape index (κ2) is 3.94. The van der Waals surface area contributed by atoms with Crippen LogP contribution in [0.5, 0.6) is 0 Å². The Morgan fingerprint density at radius 1 is 1.69 bits per heavy atom. The molecular formula is C10H15N3. The summed E-state index contributed by atoms with van der Waals surface area (Å²) in [6, 6.07) is 2.07. The van der Waals surface area contributed by atoms with Crippen molar-refractivity contribution >= 4 is 11.5 Å². The molecule has 0 aromatic carbocycles. The maximum atomic E-state index is 5.83. The fourth-order valence-corrected chi connectivity index (χ4v) is 0.959. The molecule has 1 atom stereocenters. The molecule has 1 aromatic heterocycles. The van der Waals surface area contributed by atoms with Gasteiger partial charge < -0.3 is 11.1 Å². The maximum Gasteiger partial charge on any atom is 0.149 e. The molecule has 0 amide bonds. The van der Waals surface area contributed by atoms with Crippen LogP contribution >= 0.6 is 0 Å². The molecule has 0 bridgehead atoms. The molecule has 0 saturated heterocycles. The first-order chi connectivity index (χ1) is 6.15. The number of anilines is 2. The summed E-state index contributed by atoms with van der Waals surface area (Å²) >= 11 is 0. The van der Waals surface area contributed by atoms with Crippen molar-refractivity contribution in [1.29, 1.82) is 0 Å². The van der Waals surface area contributed by atoms with Crippen molar-refractivity contribution in [2.75, 3.05) is 11.1 Å². The highest BCUT2D eigenvalue weighted by Gasteiger charge is 2.03. The predicted octanol–water partition coefficient (Wildman–Crippen LogP) is 1.96. The summed E-state index contributed by atoms with van der Waals surface area (Å²) in [5, 5.41) is 3.15. The molecule has 0 aliphatic heterocycles. The number of pyridine rings is 1. The monoisotopic (exact) mass is 177 g/mol. The molecule has 3 heteroatoms. The summed E-state index contributed by atoms with van der Waals surface area (Å²) in [5.41, 5.74) is 7.57. The molecule has 0 spiro atoms. The number of nitrogens with one attached hydrogen (secondary N) is 1. The first-order valence-electron chi connectivity index (χ1n) is 4.25. The molecule has 3 nitrogen and oxygen atoms in total. The molecule has 0 fully saturated rings. The lowest BCUT2D eigenvalue weighted by molar-refractivity contribution is 0.984. The van der Waals surface area contributed by atoms with E-state index < -0.39 is 0 Å². The topological polar surface area (TPSA) is 50.9 Å². The van der Waals surface area contributed by atoms with Gasteiger partial charge in [-0.05, 0) is 25.5 Å². The molecule has 3 N–H and O–H groups in total. The molecule has 1 unspecified atom stereocenters. The highest BCUT2D eigenvalue weighted by atomic mass is 15.0. The maximum absolute atomic E-state index is 5.83. The summed E-state index contributed by atoms with van der Waals surface area (Å²) in [6.45, 7) is 7.63. The minimum Gasteiger partial charge on any atom is -0.396 e. The molecule has 70 valence electrons. The van der Waals surface area contributed by atoms with Gasteiger partial charge in [0.1, 0.15) is 5.82 Å². The third-order valence-corrected chi connectivity index (χ3v) is 1.93. The SMILES string of the molecule is C=CC(C)Nc1nccc(C)c1N. The van der Waals surface area contributed by atoms with Gasteiger partial charge in [-0.3, -0.25) is 0 Å². The quantitative estimate of drug-likeness (QED) is 0.694. The van der Waals surface area contributed by atoms with E-state index in [0.717, 1.165) is 11.4 Å². The Bertz CT molecular complexity index is 307. The van der Waals surface area contributed by atoms with Crippen LogP contribution in [0.2, 0.25) is 0 Å². The van der Waals surface area contributed by atoms with Gasteiger partial charge in [0, 0.05) is 12.2 Å². The number of aryl methyl sites for hydroxylation is 1. The number of rotatable bonds is 3. The number of nitrogen functional groups attached to an aromatic ring is 1. The lowest BCUT2D eigenvalue weighted by Crippen LogP contribution is -2.14. The van der Waals surface area contributed by atoms with Gasteiger partial charge in [-0.15, -0.1) is 6.58 Å². The highest BCUT2D eigenvalue weighted by Crippen LogP contribution is 2.19. The molecule has 0 saturated carbocycles. The Morgan fingerprint density at radius 2 is 2.38 bits per heavy atom. The normalized spacial score (nSPS) is 12.2. The van der Waals surface area contributed by atoms with Crippen LogP contribution in [0.1, 0.15) is 12.5 Å². The van der Waals surface area contributed by atoms with Gasteiger partial charge in [-0.2, -0.15) is 0 Å². The van der Waals surface area contributed by atoms with E-state index in [2.05, 4.69) is 16.9 Å². The molecule has 1 heterocycles. The van der Waals surface area contributed by atoms with Crippen LogP contribution in [-0.4, -0.2) is 11.0 Å². The minimum atomic E-state index is 0.177. The smallest absolute Gasteiger partial charge is 0.149 e. The van der Waals surface area contributed by atoms with Gasteiger partial charge in [-0.1, -0.05) is 6.08 Å². The van der Waals surface area contributed by atoms with E-state index in [4.69, 9.17) is 5.73 Å². The van der Waals surface area contributed by atoms with Crippen molar-refractivity contribution in [1.82, 2.24) is 4.98 Å². The summed E-state index contributed by atoms with van der Waals surface area (Å²) in [7, 11) is 0. The van der Waals surface area contributed by atoms with Gasteiger partial charge in [0.05, 0.1) is 5.69 Å². The molecule has 0 radical (unpaired) electrons. The van der Waals surface area contributed by atoms with Crippen LogP contribution in [0.4, 0.5) is 11.5 Å². The van der Waals surface area contributed by atoms with Crippen LogP contribution in [-0.2, 0) is 0 Å². The predicted molar refractivity (Wildman–Crippen MR) is 56.7 cm³/mol. The summed E-state index contributed by atoms with van der Waals surface area (Å²) < 4.78 is 0. The number of hydrogen-bond acceptors (Lipinski definition) is 3. The zero-order valence-corrected chi connectivity index (χ0v) is 8.04. The summed E-state index contributed by atoms with van der Waals surface area (Å²) in [4.78, 5) is 4.14. The average molecular weight is 177 g/mol. The van der Waals surface area contributed by atoms with Gasteiger partial charge in [0.15, 0.2) is 0 Å². The number of nitrogens with two attached hydrogens (primary N) is 1. The third-order valence-electron chi connectivity index (χ3n) is 1.93. The third kappa shape index (κ3) is 2.21. The van der Waals surface area contributed by atoms with Crippen LogP contribution < -0.4 is 11.1 Å². The molecule has 13 heavy (non-hydrogen) atoms. The second-order valence-electron chi connectivity index (χ2n) is 3.06. The van der Waals surface area contributed by atoms with E-state index in [0.29, 0.717) is 5.69 Å². The lowest BCUT2D eigenvalue weighted by Gasteiger charge is -2.12. The van der Waals surface area contributed by atoms with E-state index in [1.807, 2.05) is 26.0 Å². The van der Waals surface area contributed by atoms with E-state index in [9.17, 15) is 0 Å². The Hall–Kier alpha value is -1.51. The Morgan fingerprint density at radius 3 is 3.00 bits per heavy atom. The highest BCUT2D eigenvalue weighted by molar-refractivity contribution is 5.65. The van der Waals surface area contributed by atoms with Crippen molar-refractivity contribution < 1.29 is 0 Å². The number of hydrogen-bond donors (Lipinski definition) is 2. The summed E-state index contributed by atoms with van der Waals surface area (Å²) in [6.07, 6.45) is 3.55. The molecule has 0 aliphatic rings. The van der Waals surface area contributed by atoms with E-state index in [1.54, 1.807) is 6.20 Å². The van der Waals surface area contributed by atoms with Crippen molar-refractivity contribution in [2.45, 2.75) is 19.9 Å². The average Bonchev–Trinajstić information content (AvgIpc) is 2.13. The van der Waals surface area contributed by atoms with Gasteiger partial charge in [-0.25, -0.2) is 4.98 Å². The first-order valence-corrected chi connectivity index (χ1v) is 4.25. The van der Waals surface area contributed by atoms with Gasteiger partial charge in [0.2, 0.25) is 0 Å². The zero-order chi connectivity index (χ0) is 9.84. The van der Waals surface area contributed by atoms with E-state index in [-0.39, 0.29) is 6.04 Å². The lowest BCUT2D eigenvalue weighted by atomic mass is 10.2. The minimum absolute atomic E-state index is 0.177. The summed E-state index contributed by atoms with van der Waals surface area (Å²) in [5.74, 6) is 0.729. The Balaban J connectivity index is 2.88. The van der Waals surface area contributed by atoms with Crippen molar-refractivity contribution in [2.24, 2.45) is 0 Å². The zero-order valence-electron chi connectivity index (χ0n) is 8.04. The Labute approximate surface area is 78.7 Å². The molecule has 1 aromatic rings. The van der Waals surface area contributed by atoms with Crippen LogP contribution in [0.3, 0.4) is 0 Å².